The molecule has 0 fully saturated rings. The zero-order valence-corrected chi connectivity index (χ0v) is 10.1. The highest BCUT2D eigenvalue weighted by Crippen LogP contribution is 2.33. The van der Waals surface area contributed by atoms with Crippen LogP contribution in [0.15, 0.2) is 12.1 Å². The molecule has 1 aromatic carbocycles. The van der Waals surface area contributed by atoms with Crippen molar-refractivity contribution in [3.05, 3.63) is 27.2 Å². The lowest BCUT2D eigenvalue weighted by molar-refractivity contribution is 0.309. The topological polar surface area (TPSA) is 9.23 Å². The first kappa shape index (κ1) is 12.0. The maximum Gasteiger partial charge on any atom is 0.139 e. The van der Waals surface area contributed by atoms with Gasteiger partial charge in [-0.3, -0.25) is 0 Å². The van der Waals surface area contributed by atoms with Crippen LogP contribution in [0.5, 0.6) is 5.75 Å². The van der Waals surface area contributed by atoms with Crippen molar-refractivity contribution in [1.29, 1.82) is 0 Å². The third kappa shape index (κ3) is 3.23. The molecule has 14 heavy (non-hydrogen) atoms. The molecule has 0 spiro atoms. The number of benzene rings is 1. The van der Waals surface area contributed by atoms with Crippen LogP contribution in [0.2, 0.25) is 15.1 Å². The lowest BCUT2D eigenvalue weighted by atomic mass is 10.3. The van der Waals surface area contributed by atoms with E-state index < -0.39 is 0 Å². The molecule has 0 unspecified atom stereocenters. The summed E-state index contributed by atoms with van der Waals surface area (Å²) in [5.41, 5.74) is 0. The summed E-state index contributed by atoms with van der Waals surface area (Å²) in [5, 5.41) is 1.40. The molecule has 0 bridgehead atoms. The van der Waals surface area contributed by atoms with Crippen molar-refractivity contribution in [2.75, 3.05) is 6.61 Å². The highest BCUT2D eigenvalue weighted by Gasteiger charge is 2.06. The molecule has 1 rings (SSSR count). The van der Waals surface area contributed by atoms with Crippen molar-refractivity contribution < 1.29 is 4.74 Å². The first-order valence-corrected chi connectivity index (χ1v) is 5.56. The summed E-state index contributed by atoms with van der Waals surface area (Å²) in [7, 11) is 0. The minimum absolute atomic E-state index is 0.444. The molecule has 0 radical (unpaired) electrons. The van der Waals surface area contributed by atoms with E-state index in [4.69, 9.17) is 39.5 Å². The van der Waals surface area contributed by atoms with Crippen LogP contribution in [0.1, 0.15) is 19.8 Å². The Hall–Kier alpha value is -0.110. The second kappa shape index (κ2) is 5.69. The van der Waals surface area contributed by atoms with Crippen LogP contribution in [0.3, 0.4) is 0 Å². The van der Waals surface area contributed by atoms with Gasteiger partial charge in [0.1, 0.15) is 5.75 Å². The molecule has 4 heteroatoms. The fraction of sp³-hybridized carbons (Fsp3) is 0.400. The van der Waals surface area contributed by atoms with Crippen LogP contribution in [-0.2, 0) is 0 Å². The van der Waals surface area contributed by atoms with Crippen LogP contribution >= 0.6 is 34.8 Å². The smallest absolute Gasteiger partial charge is 0.139 e. The van der Waals surface area contributed by atoms with Crippen molar-refractivity contribution in [3.63, 3.8) is 0 Å². The molecule has 78 valence electrons. The highest BCUT2D eigenvalue weighted by atomic mass is 35.5. The van der Waals surface area contributed by atoms with Gasteiger partial charge in [0.15, 0.2) is 0 Å². The van der Waals surface area contributed by atoms with Crippen LogP contribution in [0, 0.1) is 0 Å². The van der Waals surface area contributed by atoms with Gasteiger partial charge in [-0.1, -0.05) is 48.1 Å². The second-order valence-corrected chi connectivity index (χ2v) is 4.12. The molecule has 1 nitrogen and oxygen atoms in total. The summed E-state index contributed by atoms with van der Waals surface area (Å²) in [6.07, 6.45) is 2.08. The minimum atomic E-state index is 0.444. The Bertz CT molecular complexity index is 312. The van der Waals surface area contributed by atoms with Crippen LogP contribution < -0.4 is 4.74 Å². The molecule has 0 saturated carbocycles. The van der Waals surface area contributed by atoms with Gasteiger partial charge >= 0.3 is 0 Å². The van der Waals surface area contributed by atoms with Gasteiger partial charge in [-0.2, -0.15) is 0 Å². The normalized spacial score (nSPS) is 10.3. The summed E-state index contributed by atoms with van der Waals surface area (Å²) in [6, 6.07) is 3.23. The summed E-state index contributed by atoms with van der Waals surface area (Å²) in [4.78, 5) is 0. The van der Waals surface area contributed by atoms with Gasteiger partial charge < -0.3 is 4.74 Å². The van der Waals surface area contributed by atoms with Gasteiger partial charge in [-0.25, -0.2) is 0 Å². The van der Waals surface area contributed by atoms with E-state index in [9.17, 15) is 0 Å². The fourth-order valence-electron chi connectivity index (χ4n) is 0.941. The largest absolute Gasteiger partial charge is 0.492 e. The highest BCUT2D eigenvalue weighted by molar-refractivity contribution is 6.43. The van der Waals surface area contributed by atoms with Gasteiger partial charge in [0.05, 0.1) is 21.7 Å². The molecule has 0 aromatic heterocycles. The minimum Gasteiger partial charge on any atom is -0.492 e. The molecule has 0 N–H and O–H groups in total. The van der Waals surface area contributed by atoms with E-state index in [1.54, 1.807) is 12.1 Å². The number of hydrogen-bond donors (Lipinski definition) is 0. The molecule has 0 amide bonds. The van der Waals surface area contributed by atoms with Crippen molar-refractivity contribution in [1.82, 2.24) is 0 Å². The quantitative estimate of drug-likeness (QED) is 0.552. The van der Waals surface area contributed by atoms with Crippen molar-refractivity contribution in [2.24, 2.45) is 0 Å². The average Bonchev–Trinajstić information content (AvgIpc) is 2.14. The first-order chi connectivity index (χ1) is 6.65. The molecule has 1 aromatic rings. The standard InChI is InChI=1S/C10H11Cl3O/c1-2-3-4-14-10-6-8(12)7(11)5-9(10)13/h5-6H,2-4H2,1H3. The van der Waals surface area contributed by atoms with Gasteiger partial charge in [-0.15, -0.1) is 0 Å². The molecule has 0 aliphatic rings. The van der Waals surface area contributed by atoms with E-state index in [-0.39, 0.29) is 0 Å². The summed E-state index contributed by atoms with van der Waals surface area (Å²) in [5.74, 6) is 0.592. The Balaban J connectivity index is 2.72. The van der Waals surface area contributed by atoms with E-state index in [1.807, 2.05) is 0 Å². The zero-order valence-electron chi connectivity index (χ0n) is 7.82. The molecular formula is C10H11Cl3O. The fourth-order valence-corrected chi connectivity index (χ4v) is 1.53. The zero-order chi connectivity index (χ0) is 10.6. The van der Waals surface area contributed by atoms with Gasteiger partial charge in [0, 0.05) is 6.07 Å². The van der Waals surface area contributed by atoms with Crippen LogP contribution in [-0.4, -0.2) is 6.61 Å². The summed E-state index contributed by atoms with van der Waals surface area (Å²) in [6.45, 7) is 2.74. The molecular weight excluding hydrogens is 242 g/mol. The number of ether oxygens (including phenoxy) is 1. The lowest BCUT2D eigenvalue weighted by Gasteiger charge is -2.08. The number of rotatable bonds is 4. The number of unbranched alkanes of at least 4 members (excludes halogenated alkanes) is 1. The van der Waals surface area contributed by atoms with E-state index in [1.165, 1.54) is 0 Å². The Morgan fingerprint density at radius 2 is 1.71 bits per heavy atom. The maximum atomic E-state index is 5.91. The van der Waals surface area contributed by atoms with Crippen molar-refractivity contribution in [3.8, 4) is 5.75 Å². The summed E-state index contributed by atoms with van der Waals surface area (Å²) < 4.78 is 5.44. The third-order valence-corrected chi connectivity index (χ3v) is 2.75. The lowest BCUT2D eigenvalue weighted by Crippen LogP contribution is -1.96. The Morgan fingerprint density at radius 3 is 2.36 bits per heavy atom. The molecule has 0 atom stereocenters. The SMILES string of the molecule is CCCCOc1cc(Cl)c(Cl)cc1Cl. The average molecular weight is 254 g/mol. The van der Waals surface area contributed by atoms with Gasteiger partial charge in [-0.05, 0) is 12.5 Å². The predicted octanol–water partition coefficient (Wildman–Crippen LogP) is 4.83. The first-order valence-electron chi connectivity index (χ1n) is 4.42. The van der Waals surface area contributed by atoms with Gasteiger partial charge in [0.2, 0.25) is 0 Å². The maximum absolute atomic E-state index is 5.91. The molecule has 0 aliphatic heterocycles. The molecule has 0 heterocycles. The Labute approximate surface area is 98.9 Å². The van der Waals surface area contributed by atoms with Crippen molar-refractivity contribution >= 4 is 34.8 Å². The van der Waals surface area contributed by atoms with E-state index in [0.717, 1.165) is 12.8 Å². The third-order valence-electron chi connectivity index (χ3n) is 1.73. The monoisotopic (exact) mass is 252 g/mol. The Morgan fingerprint density at radius 1 is 1.07 bits per heavy atom. The second-order valence-electron chi connectivity index (χ2n) is 2.90. The Kier molecular flexibility index (Phi) is 4.86. The van der Waals surface area contributed by atoms with Gasteiger partial charge in [0.25, 0.3) is 0 Å². The van der Waals surface area contributed by atoms with Crippen molar-refractivity contribution in [2.45, 2.75) is 19.8 Å². The van der Waals surface area contributed by atoms with Crippen LogP contribution in [0.4, 0.5) is 0 Å². The summed E-state index contributed by atoms with van der Waals surface area (Å²) >= 11 is 17.5. The van der Waals surface area contributed by atoms with E-state index >= 15 is 0 Å². The van der Waals surface area contributed by atoms with E-state index in [2.05, 4.69) is 6.92 Å². The number of hydrogen-bond acceptors (Lipinski definition) is 1. The van der Waals surface area contributed by atoms with E-state index in [0.29, 0.717) is 27.4 Å². The molecule has 0 saturated heterocycles. The number of halogens is 3. The predicted molar refractivity (Wildman–Crippen MR) is 61.9 cm³/mol. The molecule has 0 aliphatic carbocycles. The van der Waals surface area contributed by atoms with Crippen LogP contribution in [0.25, 0.3) is 0 Å².